The van der Waals surface area contributed by atoms with Crippen molar-refractivity contribution >= 4 is 42.3 Å². The second kappa shape index (κ2) is 11.1. The van der Waals surface area contributed by atoms with Crippen LogP contribution in [0.4, 0.5) is 0 Å². The maximum Gasteiger partial charge on any atom is 0.160 e. The molecular formula is C47H32N2S. The topological polar surface area (TPSA) is 25.8 Å². The predicted molar refractivity (Wildman–Crippen MR) is 212 cm³/mol. The molecule has 2 heterocycles. The van der Waals surface area contributed by atoms with Crippen molar-refractivity contribution in [1.29, 1.82) is 0 Å². The van der Waals surface area contributed by atoms with Gasteiger partial charge in [0.15, 0.2) is 5.82 Å². The van der Waals surface area contributed by atoms with Crippen molar-refractivity contribution in [3.05, 3.63) is 169 Å². The van der Waals surface area contributed by atoms with Gasteiger partial charge in [-0.2, -0.15) is 0 Å². The first-order chi connectivity index (χ1) is 24.5. The molecule has 0 atom stereocenters. The number of hydrogen-bond donors (Lipinski definition) is 0. The third kappa shape index (κ3) is 4.54. The fraction of sp³-hybridized carbons (Fsp3) is 0.0638. The Morgan fingerprint density at radius 2 is 1.12 bits per heavy atom. The van der Waals surface area contributed by atoms with Gasteiger partial charge < -0.3 is 0 Å². The molecule has 3 heteroatoms. The molecule has 1 aliphatic carbocycles. The fourth-order valence-electron chi connectivity index (χ4n) is 7.90. The number of benzene rings is 7. The zero-order chi connectivity index (χ0) is 33.4. The van der Waals surface area contributed by atoms with Crippen molar-refractivity contribution in [2.45, 2.75) is 19.3 Å². The molecule has 0 fully saturated rings. The van der Waals surface area contributed by atoms with E-state index in [9.17, 15) is 0 Å². The summed E-state index contributed by atoms with van der Waals surface area (Å²) < 4.78 is 2.63. The van der Waals surface area contributed by atoms with Crippen molar-refractivity contribution in [3.8, 4) is 56.2 Å². The molecule has 1 aliphatic rings. The lowest BCUT2D eigenvalue weighted by Gasteiger charge is -2.22. The first-order valence-corrected chi connectivity index (χ1v) is 18.0. The van der Waals surface area contributed by atoms with Gasteiger partial charge in [-0.25, -0.2) is 9.97 Å². The van der Waals surface area contributed by atoms with Crippen molar-refractivity contribution in [2.24, 2.45) is 0 Å². The average molecular weight is 657 g/mol. The van der Waals surface area contributed by atoms with Crippen LogP contribution in [0, 0.1) is 0 Å². The van der Waals surface area contributed by atoms with Crippen LogP contribution in [-0.4, -0.2) is 9.97 Å². The van der Waals surface area contributed by atoms with E-state index in [1.165, 1.54) is 64.3 Å². The molecular weight excluding hydrogens is 625 g/mol. The van der Waals surface area contributed by atoms with Gasteiger partial charge in [-0.15, -0.1) is 11.3 Å². The van der Waals surface area contributed by atoms with Gasteiger partial charge in [0, 0.05) is 42.3 Å². The Bertz CT molecular complexity index is 2790. The van der Waals surface area contributed by atoms with E-state index in [0.29, 0.717) is 0 Å². The van der Waals surface area contributed by atoms with E-state index in [4.69, 9.17) is 9.97 Å². The van der Waals surface area contributed by atoms with Crippen LogP contribution in [0.1, 0.15) is 25.0 Å². The van der Waals surface area contributed by atoms with Gasteiger partial charge in [0.05, 0.1) is 11.4 Å². The normalized spacial score (nSPS) is 13.2. The molecule has 236 valence electrons. The molecule has 7 aromatic carbocycles. The molecule has 0 spiro atoms. The minimum atomic E-state index is -0.133. The Morgan fingerprint density at radius 1 is 0.440 bits per heavy atom. The van der Waals surface area contributed by atoms with Gasteiger partial charge in [-0.05, 0) is 86.6 Å². The maximum absolute atomic E-state index is 5.29. The molecule has 0 radical (unpaired) electrons. The number of fused-ring (bicyclic) bond motifs is 7. The standard InChI is InChI=1S/C47H32N2S/c1-47(2)39-20-11-19-36(45(39)38-26-31-14-6-7-15-32(31)27-40(38)47)42-28-41(48-46(49-42)29-12-4-3-5-13-29)34-17-10-16-30(24-34)33-22-23-44-37(25-33)35-18-8-9-21-43(35)50-44/h3-28H,1-2H3. The van der Waals surface area contributed by atoms with E-state index in [1.807, 2.05) is 17.4 Å². The highest BCUT2D eigenvalue weighted by Crippen LogP contribution is 2.53. The number of rotatable bonds is 4. The zero-order valence-electron chi connectivity index (χ0n) is 27.8. The minimum absolute atomic E-state index is 0.133. The van der Waals surface area contributed by atoms with Crippen molar-refractivity contribution in [1.82, 2.24) is 9.97 Å². The molecule has 0 saturated carbocycles. The fourth-order valence-corrected chi connectivity index (χ4v) is 8.99. The zero-order valence-corrected chi connectivity index (χ0v) is 28.6. The highest BCUT2D eigenvalue weighted by atomic mass is 32.1. The molecule has 0 amide bonds. The van der Waals surface area contributed by atoms with Gasteiger partial charge in [-0.1, -0.05) is 129 Å². The first kappa shape index (κ1) is 29.1. The van der Waals surface area contributed by atoms with Crippen LogP contribution in [-0.2, 0) is 5.41 Å². The highest BCUT2D eigenvalue weighted by molar-refractivity contribution is 7.25. The molecule has 0 aliphatic heterocycles. The largest absolute Gasteiger partial charge is 0.228 e. The second-order valence-electron chi connectivity index (χ2n) is 13.8. The van der Waals surface area contributed by atoms with Crippen LogP contribution in [0.15, 0.2) is 158 Å². The molecule has 10 rings (SSSR count). The van der Waals surface area contributed by atoms with Gasteiger partial charge in [-0.3, -0.25) is 0 Å². The summed E-state index contributed by atoms with van der Waals surface area (Å²) in [6, 6.07) is 57.0. The summed E-state index contributed by atoms with van der Waals surface area (Å²) in [5.41, 5.74) is 12.5. The van der Waals surface area contributed by atoms with Crippen molar-refractivity contribution in [2.75, 3.05) is 0 Å². The van der Waals surface area contributed by atoms with Crippen LogP contribution in [0.3, 0.4) is 0 Å². The summed E-state index contributed by atoms with van der Waals surface area (Å²) in [7, 11) is 0. The predicted octanol–water partition coefficient (Wildman–Crippen LogP) is 13.0. The third-order valence-electron chi connectivity index (χ3n) is 10.5. The number of aromatic nitrogens is 2. The lowest BCUT2D eigenvalue weighted by molar-refractivity contribution is 0.661. The summed E-state index contributed by atoms with van der Waals surface area (Å²) in [6.07, 6.45) is 0. The summed E-state index contributed by atoms with van der Waals surface area (Å²) in [6.45, 7) is 4.69. The van der Waals surface area contributed by atoms with Gasteiger partial charge in [0.25, 0.3) is 0 Å². The van der Waals surface area contributed by atoms with E-state index in [1.54, 1.807) is 0 Å². The molecule has 50 heavy (non-hydrogen) atoms. The Kier molecular flexibility index (Phi) is 6.43. The van der Waals surface area contributed by atoms with Gasteiger partial charge >= 0.3 is 0 Å². The van der Waals surface area contributed by atoms with Crippen LogP contribution >= 0.6 is 11.3 Å². The quantitative estimate of drug-likeness (QED) is 0.188. The molecule has 2 aromatic heterocycles. The lowest BCUT2D eigenvalue weighted by atomic mass is 9.81. The van der Waals surface area contributed by atoms with Crippen molar-refractivity contribution in [3.63, 3.8) is 0 Å². The Labute approximate surface area is 295 Å². The molecule has 2 nitrogen and oxygen atoms in total. The molecule has 0 unspecified atom stereocenters. The van der Waals surface area contributed by atoms with Crippen LogP contribution in [0.25, 0.3) is 87.1 Å². The van der Waals surface area contributed by atoms with Gasteiger partial charge in [0.2, 0.25) is 0 Å². The van der Waals surface area contributed by atoms with E-state index in [0.717, 1.165) is 33.9 Å². The molecule has 0 saturated heterocycles. The summed E-state index contributed by atoms with van der Waals surface area (Å²) >= 11 is 1.85. The molecule has 0 bridgehead atoms. The smallest absolute Gasteiger partial charge is 0.160 e. The van der Waals surface area contributed by atoms with E-state index in [2.05, 4.69) is 166 Å². The average Bonchev–Trinajstić information content (AvgIpc) is 3.65. The number of hydrogen-bond acceptors (Lipinski definition) is 3. The van der Waals surface area contributed by atoms with E-state index >= 15 is 0 Å². The maximum atomic E-state index is 5.29. The Morgan fingerprint density at radius 3 is 2.00 bits per heavy atom. The summed E-state index contributed by atoms with van der Waals surface area (Å²) in [4.78, 5) is 10.5. The first-order valence-electron chi connectivity index (χ1n) is 17.2. The van der Waals surface area contributed by atoms with Crippen molar-refractivity contribution < 1.29 is 0 Å². The Hall–Kier alpha value is -5.90. The minimum Gasteiger partial charge on any atom is -0.228 e. The third-order valence-corrected chi connectivity index (χ3v) is 11.6. The number of thiophene rings is 1. The van der Waals surface area contributed by atoms with E-state index in [-0.39, 0.29) is 5.41 Å². The summed E-state index contributed by atoms with van der Waals surface area (Å²) in [5.74, 6) is 0.725. The number of nitrogens with zero attached hydrogens (tertiary/aromatic N) is 2. The monoisotopic (exact) mass is 656 g/mol. The Balaban J connectivity index is 1.16. The van der Waals surface area contributed by atoms with Crippen LogP contribution < -0.4 is 0 Å². The molecule has 9 aromatic rings. The lowest BCUT2D eigenvalue weighted by Crippen LogP contribution is -2.14. The van der Waals surface area contributed by atoms with E-state index < -0.39 is 0 Å². The molecule has 0 N–H and O–H groups in total. The second-order valence-corrected chi connectivity index (χ2v) is 14.9. The highest BCUT2D eigenvalue weighted by Gasteiger charge is 2.37. The SMILES string of the molecule is CC1(C)c2cc3ccccc3cc2-c2c(-c3cc(-c4cccc(-c5ccc6sc7ccccc7c6c5)c4)nc(-c4ccccc4)n3)cccc21. The van der Waals surface area contributed by atoms with Gasteiger partial charge in [0.1, 0.15) is 0 Å². The van der Waals surface area contributed by atoms with Crippen LogP contribution in [0.2, 0.25) is 0 Å². The summed E-state index contributed by atoms with van der Waals surface area (Å²) in [5, 5.41) is 5.14. The van der Waals surface area contributed by atoms with Crippen LogP contribution in [0.5, 0.6) is 0 Å².